The average Bonchev–Trinajstić information content (AvgIpc) is 2.52. The van der Waals surface area contributed by atoms with Crippen LogP contribution in [0.25, 0.3) is 0 Å². The van der Waals surface area contributed by atoms with Gasteiger partial charge in [0.15, 0.2) is 0 Å². The normalized spacial score (nSPS) is 11.1. The zero-order chi connectivity index (χ0) is 17.9. The molecular weight excluding hydrogens is 329 g/mol. The maximum atomic E-state index is 12.4. The number of nitrogens with one attached hydrogen (secondary N) is 1. The number of carbonyl (C=O) groups excluding carboxylic acids is 1. The molecule has 0 heterocycles. The Hall–Kier alpha value is -3.10. The quantitative estimate of drug-likeness (QED) is 0.684. The lowest BCUT2D eigenvalue weighted by Crippen LogP contribution is -2.23. The van der Waals surface area contributed by atoms with E-state index in [2.05, 4.69) is 5.32 Å². The first kappa shape index (κ1) is 17.3. The fraction of sp³-hybridized carbons (Fsp3) is 0.133. The molecule has 6 nitrogen and oxygen atoms in total. The predicted octanol–water partition coefficient (Wildman–Crippen LogP) is 2.62. The van der Waals surface area contributed by atoms with E-state index in [9.17, 15) is 33.2 Å². The van der Waals surface area contributed by atoms with Crippen molar-refractivity contribution in [3.8, 4) is 5.75 Å². The molecule has 126 valence electrons. The van der Waals surface area contributed by atoms with Gasteiger partial charge >= 0.3 is 6.18 Å². The largest absolute Gasteiger partial charge is 0.872 e. The summed E-state index contributed by atoms with van der Waals surface area (Å²) in [5.74, 6) is -1.19. The Labute approximate surface area is 133 Å². The molecule has 0 radical (unpaired) electrons. The van der Waals surface area contributed by atoms with E-state index in [0.717, 1.165) is 42.5 Å². The molecule has 2 aromatic carbocycles. The number of hydrogen-bond acceptors (Lipinski definition) is 4. The Bertz CT molecular complexity index is 773. The van der Waals surface area contributed by atoms with Crippen LogP contribution in [0.2, 0.25) is 0 Å². The number of benzene rings is 2. The maximum absolute atomic E-state index is 12.4. The molecule has 0 aliphatic carbocycles. The van der Waals surface area contributed by atoms with Crippen molar-refractivity contribution in [2.75, 3.05) is 0 Å². The Kier molecular flexibility index (Phi) is 4.72. The summed E-state index contributed by atoms with van der Waals surface area (Å²) >= 11 is 0. The standard InChI is InChI=1S/C15H11F3N2O4/c16-15(17,18)11-3-1-9(2-4-11)14(22)19-8-10-7-12(20(23)24)5-6-13(10)21/h1-7,21H,8H2,(H,19,22)/p-1. The molecule has 0 saturated carbocycles. The van der Waals surface area contributed by atoms with Crippen molar-refractivity contribution in [1.29, 1.82) is 0 Å². The first-order valence-corrected chi connectivity index (χ1v) is 6.58. The van der Waals surface area contributed by atoms with Gasteiger partial charge in [0.25, 0.3) is 11.6 Å². The summed E-state index contributed by atoms with van der Waals surface area (Å²) in [5.41, 5.74) is -1.21. The molecule has 0 aliphatic heterocycles. The van der Waals surface area contributed by atoms with Crippen LogP contribution in [0, 0.1) is 10.1 Å². The van der Waals surface area contributed by atoms with Crippen molar-refractivity contribution < 1.29 is 28.0 Å². The molecule has 0 fully saturated rings. The fourth-order valence-corrected chi connectivity index (χ4v) is 1.91. The summed E-state index contributed by atoms with van der Waals surface area (Å²) in [6.45, 7) is -0.277. The second kappa shape index (κ2) is 6.57. The van der Waals surface area contributed by atoms with Crippen LogP contribution < -0.4 is 10.4 Å². The highest BCUT2D eigenvalue weighted by Crippen LogP contribution is 2.29. The molecule has 0 unspecified atom stereocenters. The van der Waals surface area contributed by atoms with Crippen LogP contribution in [0.1, 0.15) is 21.5 Å². The lowest BCUT2D eigenvalue weighted by Gasteiger charge is -2.14. The second-order valence-electron chi connectivity index (χ2n) is 4.81. The lowest BCUT2D eigenvalue weighted by atomic mass is 10.1. The average molecular weight is 339 g/mol. The zero-order valence-electron chi connectivity index (χ0n) is 12.0. The van der Waals surface area contributed by atoms with Gasteiger partial charge in [0, 0.05) is 24.2 Å². The van der Waals surface area contributed by atoms with E-state index in [0.29, 0.717) is 0 Å². The third-order valence-corrected chi connectivity index (χ3v) is 3.17. The van der Waals surface area contributed by atoms with Crippen molar-refractivity contribution in [2.24, 2.45) is 0 Å². The van der Waals surface area contributed by atoms with Gasteiger partial charge in [-0.05, 0) is 29.8 Å². The Morgan fingerprint density at radius 1 is 1.12 bits per heavy atom. The highest BCUT2D eigenvalue weighted by molar-refractivity contribution is 5.94. The van der Waals surface area contributed by atoms with Crippen molar-refractivity contribution in [2.45, 2.75) is 12.7 Å². The van der Waals surface area contributed by atoms with E-state index < -0.39 is 28.3 Å². The Morgan fingerprint density at radius 3 is 2.29 bits per heavy atom. The SMILES string of the molecule is O=C(NCc1cc([N+](=O)[O-])ccc1[O-])c1ccc(C(F)(F)F)cc1. The van der Waals surface area contributed by atoms with Crippen molar-refractivity contribution in [1.82, 2.24) is 5.32 Å². The Balaban J connectivity index is 2.08. The second-order valence-corrected chi connectivity index (χ2v) is 4.81. The number of amides is 1. The highest BCUT2D eigenvalue weighted by atomic mass is 19.4. The smallest absolute Gasteiger partial charge is 0.416 e. The van der Waals surface area contributed by atoms with Crippen molar-refractivity contribution in [3.63, 3.8) is 0 Å². The molecular formula is C15H10F3N2O4-. The van der Waals surface area contributed by atoms with Crippen LogP contribution in [-0.4, -0.2) is 10.8 Å². The maximum Gasteiger partial charge on any atom is 0.416 e. The predicted molar refractivity (Wildman–Crippen MR) is 75.2 cm³/mol. The molecule has 1 amide bonds. The first-order valence-electron chi connectivity index (χ1n) is 6.58. The molecule has 0 aliphatic rings. The molecule has 0 atom stereocenters. The van der Waals surface area contributed by atoms with Gasteiger partial charge in [0.1, 0.15) is 0 Å². The van der Waals surface area contributed by atoms with Gasteiger partial charge < -0.3 is 10.4 Å². The monoisotopic (exact) mass is 339 g/mol. The van der Waals surface area contributed by atoms with Gasteiger partial charge in [-0.3, -0.25) is 14.9 Å². The molecule has 2 aromatic rings. The van der Waals surface area contributed by atoms with Gasteiger partial charge in [0.2, 0.25) is 0 Å². The summed E-state index contributed by atoms with van der Waals surface area (Å²) in [4.78, 5) is 21.9. The number of nitro groups is 1. The van der Waals surface area contributed by atoms with Gasteiger partial charge in [-0.15, -0.1) is 5.75 Å². The number of non-ortho nitro benzene ring substituents is 1. The molecule has 0 aromatic heterocycles. The van der Waals surface area contributed by atoms with Gasteiger partial charge in [-0.2, -0.15) is 13.2 Å². The zero-order valence-corrected chi connectivity index (χ0v) is 12.0. The van der Waals surface area contributed by atoms with E-state index in [4.69, 9.17) is 0 Å². The van der Waals surface area contributed by atoms with Crippen molar-refractivity contribution >= 4 is 11.6 Å². The van der Waals surface area contributed by atoms with Crippen molar-refractivity contribution in [3.05, 3.63) is 69.3 Å². The first-order chi connectivity index (χ1) is 11.2. The molecule has 9 heteroatoms. The van der Waals surface area contributed by atoms with Crippen LogP contribution in [0.4, 0.5) is 18.9 Å². The number of hydrogen-bond donors (Lipinski definition) is 1. The third-order valence-electron chi connectivity index (χ3n) is 3.17. The minimum atomic E-state index is -4.50. The molecule has 0 bridgehead atoms. The summed E-state index contributed by atoms with van der Waals surface area (Å²) < 4.78 is 37.3. The Morgan fingerprint density at radius 2 is 1.75 bits per heavy atom. The minimum absolute atomic E-state index is 0.00413. The van der Waals surface area contributed by atoms with Crippen LogP contribution >= 0.6 is 0 Å². The summed E-state index contributed by atoms with van der Waals surface area (Å²) in [6, 6.07) is 6.63. The number of nitro benzene ring substituents is 1. The van der Waals surface area contributed by atoms with Gasteiger partial charge in [-0.25, -0.2) is 0 Å². The summed E-state index contributed by atoms with van der Waals surface area (Å²) in [5, 5.41) is 24.6. The van der Waals surface area contributed by atoms with Crippen LogP contribution in [-0.2, 0) is 12.7 Å². The van der Waals surface area contributed by atoms with E-state index in [1.54, 1.807) is 0 Å². The lowest BCUT2D eigenvalue weighted by molar-refractivity contribution is -0.385. The highest BCUT2D eigenvalue weighted by Gasteiger charge is 2.30. The van der Waals surface area contributed by atoms with E-state index in [1.807, 2.05) is 0 Å². The molecule has 0 saturated heterocycles. The number of rotatable bonds is 4. The van der Waals surface area contributed by atoms with Gasteiger partial charge in [0.05, 0.1) is 10.5 Å². The molecule has 24 heavy (non-hydrogen) atoms. The number of carbonyl (C=O) groups is 1. The number of nitrogens with zero attached hydrogens (tertiary/aromatic N) is 1. The fourth-order valence-electron chi connectivity index (χ4n) is 1.91. The molecule has 1 N–H and O–H groups in total. The van der Waals surface area contributed by atoms with Crippen LogP contribution in [0.5, 0.6) is 5.75 Å². The summed E-state index contributed by atoms with van der Waals surface area (Å²) in [6.07, 6.45) is -4.50. The van der Waals surface area contributed by atoms with Crippen LogP contribution in [0.15, 0.2) is 42.5 Å². The third kappa shape index (κ3) is 4.00. The molecule has 0 spiro atoms. The summed E-state index contributed by atoms with van der Waals surface area (Å²) in [7, 11) is 0. The molecule has 2 rings (SSSR count). The van der Waals surface area contributed by atoms with E-state index >= 15 is 0 Å². The van der Waals surface area contributed by atoms with Crippen LogP contribution in [0.3, 0.4) is 0 Å². The van der Waals surface area contributed by atoms with E-state index in [-0.39, 0.29) is 23.4 Å². The minimum Gasteiger partial charge on any atom is -0.872 e. The van der Waals surface area contributed by atoms with Gasteiger partial charge in [-0.1, -0.05) is 6.07 Å². The number of alkyl halides is 3. The van der Waals surface area contributed by atoms with E-state index in [1.165, 1.54) is 0 Å². The topological polar surface area (TPSA) is 95.3 Å². The number of halogens is 3.